The van der Waals surface area contributed by atoms with E-state index in [9.17, 15) is 9.59 Å². The molecule has 3 aromatic carbocycles. The molecule has 6 nitrogen and oxygen atoms in total. The first-order chi connectivity index (χ1) is 16.4. The van der Waals surface area contributed by atoms with E-state index in [1.54, 1.807) is 61.5 Å². The van der Waals surface area contributed by atoms with Gasteiger partial charge in [-0.05, 0) is 61.9 Å². The van der Waals surface area contributed by atoms with E-state index < -0.39 is 5.97 Å². The summed E-state index contributed by atoms with van der Waals surface area (Å²) in [5.41, 5.74) is 1.92. The summed E-state index contributed by atoms with van der Waals surface area (Å²) in [7, 11) is 0. The van der Waals surface area contributed by atoms with E-state index in [1.807, 2.05) is 13.0 Å². The summed E-state index contributed by atoms with van der Waals surface area (Å²) in [5, 5.41) is 1.11. The van der Waals surface area contributed by atoms with Gasteiger partial charge in [-0.1, -0.05) is 29.8 Å². The minimum atomic E-state index is -0.582. The van der Waals surface area contributed by atoms with Crippen LogP contribution in [0.4, 0.5) is 0 Å². The molecule has 0 fully saturated rings. The highest BCUT2D eigenvalue weighted by molar-refractivity contribution is 6.32. The molecular weight excluding hydrogens is 456 g/mol. The summed E-state index contributed by atoms with van der Waals surface area (Å²) in [6.45, 7) is 4.09. The molecule has 0 amide bonds. The molecule has 0 atom stereocenters. The molecule has 0 spiro atoms. The highest BCUT2D eigenvalue weighted by Gasteiger charge is 2.29. The number of hydrogen-bond donors (Lipinski definition) is 0. The van der Waals surface area contributed by atoms with Crippen molar-refractivity contribution in [3.8, 4) is 17.2 Å². The van der Waals surface area contributed by atoms with Gasteiger partial charge in [0, 0.05) is 16.5 Å². The number of ether oxygens (including phenoxy) is 3. The van der Waals surface area contributed by atoms with Crippen molar-refractivity contribution >= 4 is 40.4 Å². The van der Waals surface area contributed by atoms with E-state index in [0.717, 1.165) is 0 Å². The summed E-state index contributed by atoms with van der Waals surface area (Å²) >= 11 is 6.19. The Morgan fingerprint density at radius 2 is 1.85 bits per heavy atom. The number of carbonyl (C=O) groups excluding carboxylic acids is 2. The maximum atomic E-state index is 13.0. The molecule has 0 unspecified atom stereocenters. The van der Waals surface area contributed by atoms with E-state index in [2.05, 4.69) is 0 Å². The molecule has 34 heavy (non-hydrogen) atoms. The minimum Gasteiger partial charge on any atom is -0.494 e. The van der Waals surface area contributed by atoms with Crippen LogP contribution in [0.15, 0.2) is 70.8 Å². The Labute approximate surface area is 200 Å². The molecule has 0 N–H and O–H groups in total. The lowest BCUT2D eigenvalue weighted by atomic mass is 10.1. The van der Waals surface area contributed by atoms with Crippen LogP contribution in [0, 0.1) is 6.92 Å². The Balaban J connectivity index is 1.41. The number of aryl methyl sites for hydroxylation is 1. The number of benzene rings is 3. The first-order valence-electron chi connectivity index (χ1n) is 10.7. The van der Waals surface area contributed by atoms with Gasteiger partial charge in [0.25, 0.3) is 0 Å². The van der Waals surface area contributed by atoms with Crippen LogP contribution < -0.4 is 14.2 Å². The minimum absolute atomic E-state index is 0.145. The van der Waals surface area contributed by atoms with Gasteiger partial charge >= 0.3 is 5.97 Å². The summed E-state index contributed by atoms with van der Waals surface area (Å²) in [6.07, 6.45) is 1.59. The highest BCUT2D eigenvalue weighted by Crippen LogP contribution is 2.36. The van der Waals surface area contributed by atoms with E-state index in [0.29, 0.717) is 56.5 Å². The van der Waals surface area contributed by atoms with Gasteiger partial charge in [0.05, 0.1) is 12.2 Å². The van der Waals surface area contributed by atoms with E-state index in [1.165, 1.54) is 6.07 Å². The van der Waals surface area contributed by atoms with Crippen LogP contribution in [0.25, 0.3) is 17.0 Å². The molecule has 170 valence electrons. The van der Waals surface area contributed by atoms with Crippen LogP contribution in [-0.2, 0) is 0 Å². The van der Waals surface area contributed by atoms with E-state index in [-0.39, 0.29) is 17.3 Å². The molecule has 5 rings (SSSR count). The van der Waals surface area contributed by atoms with Gasteiger partial charge in [-0.3, -0.25) is 4.79 Å². The zero-order chi connectivity index (χ0) is 23.8. The first kappa shape index (κ1) is 21.8. The average molecular weight is 475 g/mol. The average Bonchev–Trinajstić information content (AvgIpc) is 3.30. The van der Waals surface area contributed by atoms with E-state index in [4.69, 9.17) is 30.2 Å². The molecule has 2 heterocycles. The normalized spacial score (nSPS) is 13.7. The van der Waals surface area contributed by atoms with Crippen molar-refractivity contribution in [2.75, 3.05) is 6.61 Å². The monoisotopic (exact) mass is 474 g/mol. The first-order valence-corrected chi connectivity index (χ1v) is 11.0. The fraction of sp³-hybridized carbons (Fsp3) is 0.111. The molecular formula is C27H19ClO6. The van der Waals surface area contributed by atoms with Crippen molar-refractivity contribution in [2.24, 2.45) is 0 Å². The molecule has 1 aromatic heterocycles. The van der Waals surface area contributed by atoms with Gasteiger partial charge in [0.15, 0.2) is 5.76 Å². The maximum absolute atomic E-state index is 13.0. The number of carbonyl (C=O) groups is 2. The van der Waals surface area contributed by atoms with Crippen LogP contribution in [0.3, 0.4) is 0 Å². The highest BCUT2D eigenvalue weighted by atomic mass is 35.5. The van der Waals surface area contributed by atoms with Crippen molar-refractivity contribution in [3.05, 3.63) is 93.9 Å². The van der Waals surface area contributed by atoms with Crippen LogP contribution in [0.1, 0.15) is 39.0 Å². The Bertz CT molecular complexity index is 1480. The van der Waals surface area contributed by atoms with Crippen LogP contribution in [0.5, 0.6) is 17.2 Å². The molecule has 0 aliphatic carbocycles. The van der Waals surface area contributed by atoms with Crippen molar-refractivity contribution in [2.45, 2.75) is 13.8 Å². The molecule has 0 bridgehead atoms. The second-order valence-electron chi connectivity index (χ2n) is 7.63. The Morgan fingerprint density at radius 3 is 2.65 bits per heavy atom. The third-order valence-electron chi connectivity index (χ3n) is 5.39. The van der Waals surface area contributed by atoms with E-state index >= 15 is 0 Å². The number of esters is 1. The molecule has 0 saturated carbocycles. The van der Waals surface area contributed by atoms with Crippen molar-refractivity contribution in [1.29, 1.82) is 0 Å². The Hall–Kier alpha value is -4.03. The lowest BCUT2D eigenvalue weighted by Gasteiger charge is -2.06. The lowest BCUT2D eigenvalue weighted by molar-refractivity contribution is 0.0734. The van der Waals surface area contributed by atoms with Crippen LogP contribution in [0.2, 0.25) is 5.02 Å². The second-order valence-corrected chi connectivity index (χ2v) is 8.04. The molecule has 1 aliphatic rings. The van der Waals surface area contributed by atoms with Gasteiger partial charge in [0.1, 0.15) is 34.2 Å². The number of rotatable bonds is 5. The number of allylic oxidation sites excluding steroid dienone is 1. The maximum Gasteiger partial charge on any atom is 0.347 e. The van der Waals surface area contributed by atoms with Gasteiger partial charge in [-0.15, -0.1) is 0 Å². The second kappa shape index (κ2) is 8.72. The Kier molecular flexibility index (Phi) is 5.59. The van der Waals surface area contributed by atoms with Crippen molar-refractivity contribution in [1.82, 2.24) is 0 Å². The predicted molar refractivity (Wildman–Crippen MR) is 128 cm³/mol. The number of ketones is 1. The fourth-order valence-electron chi connectivity index (χ4n) is 3.83. The van der Waals surface area contributed by atoms with Gasteiger partial charge in [0.2, 0.25) is 5.78 Å². The third kappa shape index (κ3) is 3.93. The predicted octanol–water partition coefficient (Wildman–Crippen LogP) is 6.63. The molecule has 0 saturated heterocycles. The van der Waals surface area contributed by atoms with Gasteiger partial charge in [-0.2, -0.15) is 0 Å². The lowest BCUT2D eigenvalue weighted by Crippen LogP contribution is -2.09. The topological polar surface area (TPSA) is 75.0 Å². The molecule has 4 aromatic rings. The molecule has 7 heteroatoms. The van der Waals surface area contributed by atoms with Crippen molar-refractivity contribution < 1.29 is 28.2 Å². The fourth-order valence-corrected chi connectivity index (χ4v) is 4.02. The molecule has 1 aliphatic heterocycles. The van der Waals surface area contributed by atoms with Gasteiger partial charge in [-0.25, -0.2) is 4.79 Å². The largest absolute Gasteiger partial charge is 0.494 e. The standard InChI is InChI=1S/C27H19ClO6/c1-3-31-17-9-11-22-20(13-17)25(15(2)32-22)27(30)33-18-8-10-19-23(14-18)34-24(26(19)29)12-16-6-4-5-7-21(16)28/h4-14H,3H2,1-2H3. The number of hydrogen-bond acceptors (Lipinski definition) is 6. The van der Waals surface area contributed by atoms with Crippen LogP contribution >= 0.6 is 11.6 Å². The number of furan rings is 1. The molecule has 0 radical (unpaired) electrons. The number of Topliss-reactive ketones (excluding diaryl/α,β-unsaturated/α-hetero) is 1. The smallest absolute Gasteiger partial charge is 0.347 e. The quantitative estimate of drug-likeness (QED) is 0.183. The third-order valence-corrected chi connectivity index (χ3v) is 5.74. The number of fused-ring (bicyclic) bond motifs is 2. The summed E-state index contributed by atoms with van der Waals surface area (Å²) in [4.78, 5) is 25.8. The van der Waals surface area contributed by atoms with Gasteiger partial charge < -0.3 is 18.6 Å². The summed E-state index contributed by atoms with van der Waals surface area (Å²) in [6, 6.07) is 17.1. The Morgan fingerprint density at radius 1 is 1.06 bits per heavy atom. The number of halogens is 1. The SMILES string of the molecule is CCOc1ccc2oc(C)c(C(=O)Oc3ccc4c(c3)OC(=Cc3ccccc3Cl)C4=O)c2c1. The zero-order valence-electron chi connectivity index (χ0n) is 18.4. The van der Waals surface area contributed by atoms with Crippen LogP contribution in [-0.4, -0.2) is 18.4 Å². The van der Waals surface area contributed by atoms with Crippen molar-refractivity contribution in [3.63, 3.8) is 0 Å². The summed E-state index contributed by atoms with van der Waals surface area (Å²) in [5.74, 6) is 0.908. The zero-order valence-corrected chi connectivity index (χ0v) is 19.1. The summed E-state index contributed by atoms with van der Waals surface area (Å²) < 4.78 is 22.6.